The number of benzene rings is 1. The molecule has 0 aliphatic heterocycles. The van der Waals surface area contributed by atoms with E-state index in [2.05, 4.69) is 9.97 Å². The maximum absolute atomic E-state index is 11.4. The number of aryl methyl sites for hydroxylation is 1. The quantitative estimate of drug-likeness (QED) is 0.646. The van der Waals surface area contributed by atoms with Gasteiger partial charge in [-0.3, -0.25) is 4.79 Å². The standard InChI is InChI=1S/C11H10IN3O2/c1-6-2-3-8(7(13)4-6)17-11-9(12)10(16)14-5-15-11/h2-5H,13H2,1H3,(H,14,15,16). The topological polar surface area (TPSA) is 81.0 Å². The predicted molar refractivity (Wildman–Crippen MR) is 73.2 cm³/mol. The van der Waals surface area contributed by atoms with E-state index in [4.69, 9.17) is 10.5 Å². The molecule has 0 spiro atoms. The summed E-state index contributed by atoms with van der Waals surface area (Å²) in [6.07, 6.45) is 1.30. The maximum Gasteiger partial charge on any atom is 0.268 e. The molecule has 0 bridgehead atoms. The summed E-state index contributed by atoms with van der Waals surface area (Å²) in [6, 6.07) is 5.44. The Labute approximate surface area is 111 Å². The van der Waals surface area contributed by atoms with Crippen LogP contribution in [0.3, 0.4) is 0 Å². The lowest BCUT2D eigenvalue weighted by atomic mass is 10.2. The molecule has 0 aliphatic rings. The van der Waals surface area contributed by atoms with Gasteiger partial charge in [-0.2, -0.15) is 0 Å². The van der Waals surface area contributed by atoms with Crippen molar-refractivity contribution in [2.45, 2.75) is 6.92 Å². The lowest BCUT2D eigenvalue weighted by molar-refractivity contribution is 0.458. The highest BCUT2D eigenvalue weighted by Gasteiger charge is 2.09. The molecule has 1 aromatic heterocycles. The molecule has 6 heteroatoms. The van der Waals surface area contributed by atoms with Crippen LogP contribution in [0, 0.1) is 10.5 Å². The van der Waals surface area contributed by atoms with E-state index in [9.17, 15) is 4.79 Å². The smallest absolute Gasteiger partial charge is 0.268 e. The van der Waals surface area contributed by atoms with Gasteiger partial charge in [0.1, 0.15) is 3.57 Å². The molecule has 1 heterocycles. The van der Waals surface area contributed by atoms with Crippen molar-refractivity contribution in [3.05, 3.63) is 44.0 Å². The minimum Gasteiger partial charge on any atom is -0.435 e. The van der Waals surface area contributed by atoms with Crippen LogP contribution in [0.15, 0.2) is 29.3 Å². The minimum atomic E-state index is -0.235. The third-order valence-corrected chi connectivity index (χ3v) is 3.09. The number of nitrogen functional groups attached to an aromatic ring is 1. The Kier molecular flexibility index (Phi) is 3.32. The van der Waals surface area contributed by atoms with Crippen molar-refractivity contribution in [1.82, 2.24) is 9.97 Å². The number of nitrogens with two attached hydrogens (primary N) is 1. The normalized spacial score (nSPS) is 10.2. The van der Waals surface area contributed by atoms with Crippen LogP contribution in [0.2, 0.25) is 0 Å². The zero-order valence-electron chi connectivity index (χ0n) is 9.03. The van der Waals surface area contributed by atoms with E-state index in [1.54, 1.807) is 12.1 Å². The fourth-order valence-corrected chi connectivity index (χ4v) is 1.71. The van der Waals surface area contributed by atoms with Crippen LogP contribution in [-0.2, 0) is 0 Å². The van der Waals surface area contributed by atoms with Gasteiger partial charge in [0.25, 0.3) is 5.56 Å². The number of hydrogen-bond acceptors (Lipinski definition) is 4. The number of ether oxygens (including phenoxy) is 1. The molecule has 0 fully saturated rings. The SMILES string of the molecule is Cc1ccc(Oc2nc[nH]c(=O)c2I)c(N)c1. The van der Waals surface area contributed by atoms with Crippen LogP contribution < -0.4 is 16.0 Å². The molecule has 0 saturated heterocycles. The van der Waals surface area contributed by atoms with Crippen molar-refractivity contribution in [2.75, 3.05) is 5.73 Å². The van der Waals surface area contributed by atoms with E-state index < -0.39 is 0 Å². The Morgan fingerprint density at radius 2 is 2.24 bits per heavy atom. The van der Waals surface area contributed by atoms with Gasteiger partial charge in [-0.1, -0.05) is 6.07 Å². The number of anilines is 1. The molecule has 0 atom stereocenters. The molecule has 0 amide bonds. The monoisotopic (exact) mass is 343 g/mol. The zero-order valence-corrected chi connectivity index (χ0v) is 11.2. The first-order valence-corrected chi connectivity index (χ1v) is 5.93. The highest BCUT2D eigenvalue weighted by molar-refractivity contribution is 14.1. The van der Waals surface area contributed by atoms with Crippen LogP contribution in [-0.4, -0.2) is 9.97 Å². The van der Waals surface area contributed by atoms with Crippen molar-refractivity contribution in [3.8, 4) is 11.6 Å². The van der Waals surface area contributed by atoms with E-state index in [1.807, 2.05) is 35.6 Å². The summed E-state index contributed by atoms with van der Waals surface area (Å²) in [5.41, 5.74) is 7.14. The van der Waals surface area contributed by atoms with Crippen LogP contribution in [0.4, 0.5) is 5.69 Å². The lowest BCUT2D eigenvalue weighted by Gasteiger charge is -2.08. The lowest BCUT2D eigenvalue weighted by Crippen LogP contribution is -2.11. The predicted octanol–water partition coefficient (Wildman–Crippen LogP) is 2.06. The summed E-state index contributed by atoms with van der Waals surface area (Å²) in [7, 11) is 0. The minimum absolute atomic E-state index is 0.235. The largest absolute Gasteiger partial charge is 0.435 e. The second-order valence-corrected chi connectivity index (χ2v) is 4.57. The number of nitrogens with one attached hydrogen (secondary N) is 1. The van der Waals surface area contributed by atoms with Gasteiger partial charge in [0.2, 0.25) is 5.88 Å². The first-order chi connectivity index (χ1) is 8.08. The van der Waals surface area contributed by atoms with Crippen LogP contribution in [0.5, 0.6) is 11.6 Å². The zero-order chi connectivity index (χ0) is 12.4. The first-order valence-electron chi connectivity index (χ1n) is 4.85. The van der Waals surface area contributed by atoms with E-state index in [1.165, 1.54) is 6.33 Å². The van der Waals surface area contributed by atoms with E-state index in [0.717, 1.165) is 5.56 Å². The summed E-state index contributed by atoms with van der Waals surface area (Å²) >= 11 is 1.88. The van der Waals surface area contributed by atoms with Gasteiger partial charge in [-0.05, 0) is 47.2 Å². The number of aromatic amines is 1. The Morgan fingerprint density at radius 3 is 2.94 bits per heavy atom. The first kappa shape index (κ1) is 11.9. The summed E-state index contributed by atoms with van der Waals surface area (Å²) in [5.74, 6) is 0.747. The van der Waals surface area contributed by atoms with Gasteiger partial charge >= 0.3 is 0 Å². The number of hydrogen-bond donors (Lipinski definition) is 2. The van der Waals surface area contributed by atoms with Crippen LogP contribution in [0.1, 0.15) is 5.56 Å². The number of nitrogens with zero attached hydrogens (tertiary/aromatic N) is 1. The molecule has 0 unspecified atom stereocenters. The van der Waals surface area contributed by atoms with E-state index >= 15 is 0 Å². The molecular weight excluding hydrogens is 333 g/mol. The summed E-state index contributed by atoms with van der Waals surface area (Å²) in [4.78, 5) is 17.8. The molecule has 3 N–H and O–H groups in total. The Bertz CT molecular complexity index is 610. The summed E-state index contributed by atoms with van der Waals surface area (Å²) < 4.78 is 5.91. The highest BCUT2D eigenvalue weighted by atomic mass is 127. The number of halogens is 1. The molecule has 2 aromatic rings. The Hall–Kier alpha value is -1.57. The van der Waals surface area contributed by atoms with Gasteiger partial charge in [0.15, 0.2) is 5.75 Å². The van der Waals surface area contributed by atoms with E-state index in [-0.39, 0.29) is 11.4 Å². The fraction of sp³-hybridized carbons (Fsp3) is 0.0909. The maximum atomic E-state index is 11.4. The Morgan fingerprint density at radius 1 is 1.47 bits per heavy atom. The third-order valence-electron chi connectivity index (χ3n) is 2.14. The molecule has 5 nitrogen and oxygen atoms in total. The summed E-state index contributed by atoms with van der Waals surface area (Å²) in [5, 5.41) is 0. The Balaban J connectivity index is 2.38. The molecule has 17 heavy (non-hydrogen) atoms. The van der Waals surface area contributed by atoms with Crippen molar-refractivity contribution in [3.63, 3.8) is 0 Å². The second kappa shape index (κ2) is 4.74. The molecule has 1 aromatic carbocycles. The number of rotatable bonds is 2. The average Bonchev–Trinajstić information content (AvgIpc) is 2.28. The van der Waals surface area contributed by atoms with Crippen molar-refractivity contribution in [1.29, 1.82) is 0 Å². The van der Waals surface area contributed by atoms with Gasteiger partial charge in [-0.15, -0.1) is 0 Å². The van der Waals surface area contributed by atoms with Crippen molar-refractivity contribution in [2.24, 2.45) is 0 Å². The highest BCUT2D eigenvalue weighted by Crippen LogP contribution is 2.28. The molecular formula is C11H10IN3O2. The molecule has 0 aliphatic carbocycles. The van der Waals surface area contributed by atoms with E-state index in [0.29, 0.717) is 15.0 Å². The van der Waals surface area contributed by atoms with Gasteiger partial charge < -0.3 is 15.5 Å². The third kappa shape index (κ3) is 2.57. The van der Waals surface area contributed by atoms with Crippen molar-refractivity contribution >= 4 is 28.3 Å². The van der Waals surface area contributed by atoms with Crippen LogP contribution in [0.25, 0.3) is 0 Å². The number of H-pyrrole nitrogens is 1. The summed E-state index contributed by atoms with van der Waals surface area (Å²) in [6.45, 7) is 1.94. The van der Waals surface area contributed by atoms with Gasteiger partial charge in [0, 0.05) is 0 Å². The molecule has 2 rings (SSSR count). The average molecular weight is 343 g/mol. The molecule has 88 valence electrons. The fourth-order valence-electron chi connectivity index (χ4n) is 1.30. The van der Waals surface area contributed by atoms with Gasteiger partial charge in [-0.25, -0.2) is 4.98 Å². The van der Waals surface area contributed by atoms with Crippen molar-refractivity contribution < 1.29 is 4.74 Å². The number of aromatic nitrogens is 2. The van der Waals surface area contributed by atoms with Crippen LogP contribution >= 0.6 is 22.6 Å². The second-order valence-electron chi connectivity index (χ2n) is 3.49. The molecule has 0 saturated carbocycles. The molecule has 0 radical (unpaired) electrons. The van der Waals surface area contributed by atoms with Gasteiger partial charge in [0.05, 0.1) is 12.0 Å².